The molecule has 1 aromatic heterocycles. The van der Waals surface area contributed by atoms with Gasteiger partial charge in [0.1, 0.15) is 11.5 Å². The van der Waals surface area contributed by atoms with E-state index in [0.29, 0.717) is 22.6 Å². The molecule has 4 aromatic rings. The lowest BCUT2D eigenvalue weighted by molar-refractivity contribution is -0.136. The number of hydrogen-bond acceptors (Lipinski definition) is 4. The summed E-state index contributed by atoms with van der Waals surface area (Å²) in [5, 5.41) is 15.4. The molecule has 2 N–H and O–H groups in total. The van der Waals surface area contributed by atoms with Crippen molar-refractivity contribution in [3.05, 3.63) is 118 Å². The van der Waals surface area contributed by atoms with Crippen molar-refractivity contribution in [3.63, 3.8) is 0 Å². The minimum atomic E-state index is -1.88. The second-order valence-electron chi connectivity index (χ2n) is 6.85. The second-order valence-corrected chi connectivity index (χ2v) is 8.10. The quantitative estimate of drug-likeness (QED) is 0.214. The second kappa shape index (κ2) is 9.28. The first kappa shape index (κ1) is 21.0. The van der Waals surface area contributed by atoms with Crippen molar-refractivity contribution < 1.29 is 14.3 Å². The van der Waals surface area contributed by atoms with E-state index < -0.39 is 11.5 Å². The molecular weight excluding hydrogens is 503 g/mol. The van der Waals surface area contributed by atoms with E-state index in [1.165, 1.54) is 6.21 Å². The number of furan rings is 1. The third kappa shape index (κ3) is 4.60. The predicted octanol–water partition coefficient (Wildman–Crippen LogP) is 4.94. The van der Waals surface area contributed by atoms with E-state index in [-0.39, 0.29) is 0 Å². The van der Waals surface area contributed by atoms with E-state index in [0.717, 1.165) is 9.13 Å². The Kier molecular flexibility index (Phi) is 6.29. The summed E-state index contributed by atoms with van der Waals surface area (Å²) in [5.74, 6) is 0.525. The van der Waals surface area contributed by atoms with Gasteiger partial charge in [-0.1, -0.05) is 72.8 Å². The molecule has 0 unspecified atom stereocenters. The first-order valence-corrected chi connectivity index (χ1v) is 10.7. The van der Waals surface area contributed by atoms with Crippen molar-refractivity contribution in [1.82, 2.24) is 5.43 Å². The molecule has 0 aliphatic carbocycles. The highest BCUT2D eigenvalue weighted by Crippen LogP contribution is 2.30. The molecule has 4 rings (SSSR count). The van der Waals surface area contributed by atoms with Gasteiger partial charge in [-0.2, -0.15) is 5.10 Å². The molecule has 154 valence electrons. The third-order valence-electron chi connectivity index (χ3n) is 4.83. The molecule has 0 fully saturated rings. The molecular formula is C25H19IN2O3. The summed E-state index contributed by atoms with van der Waals surface area (Å²) in [4.78, 5) is 13.0. The number of rotatable bonds is 6. The van der Waals surface area contributed by atoms with E-state index in [1.54, 1.807) is 54.6 Å². The van der Waals surface area contributed by atoms with Crippen LogP contribution in [-0.2, 0) is 10.4 Å². The highest BCUT2D eigenvalue weighted by Gasteiger charge is 2.39. The Bertz CT molecular complexity index is 1150. The fraction of sp³-hybridized carbons (Fsp3) is 0.0400. The molecule has 6 heteroatoms. The van der Waals surface area contributed by atoms with Gasteiger partial charge >= 0.3 is 0 Å². The van der Waals surface area contributed by atoms with Crippen LogP contribution in [0, 0.1) is 3.57 Å². The standard InChI is InChI=1S/C25H19IN2O3/c26-21-13-11-18(12-14-21)23-16-15-22(31-23)17-27-28-24(29)25(30,19-7-3-1-4-8-19)20-9-5-2-6-10-20/h1-17,30H,(H,28,29)/b27-17+. The number of halogens is 1. The molecule has 31 heavy (non-hydrogen) atoms. The highest BCUT2D eigenvalue weighted by atomic mass is 127. The maximum absolute atomic E-state index is 13.0. The average molecular weight is 522 g/mol. The number of hydrogen-bond donors (Lipinski definition) is 2. The van der Waals surface area contributed by atoms with Gasteiger partial charge in [0, 0.05) is 9.13 Å². The first-order valence-electron chi connectivity index (χ1n) is 9.60. The number of aliphatic hydroxyl groups is 1. The van der Waals surface area contributed by atoms with Crippen molar-refractivity contribution in [2.75, 3.05) is 0 Å². The molecule has 0 spiro atoms. The first-order chi connectivity index (χ1) is 15.1. The summed E-state index contributed by atoms with van der Waals surface area (Å²) < 4.78 is 6.92. The van der Waals surface area contributed by atoms with Crippen LogP contribution >= 0.6 is 22.6 Å². The third-order valence-corrected chi connectivity index (χ3v) is 5.54. The van der Waals surface area contributed by atoms with Crippen LogP contribution < -0.4 is 5.43 Å². The maximum Gasteiger partial charge on any atom is 0.281 e. The number of nitrogens with zero attached hydrogens (tertiary/aromatic N) is 1. The van der Waals surface area contributed by atoms with Crippen LogP contribution in [0.5, 0.6) is 0 Å². The molecule has 1 amide bonds. The van der Waals surface area contributed by atoms with Gasteiger partial charge in [-0.25, -0.2) is 5.43 Å². The van der Waals surface area contributed by atoms with Gasteiger partial charge in [0.25, 0.3) is 5.91 Å². The largest absolute Gasteiger partial charge is 0.455 e. The van der Waals surface area contributed by atoms with Gasteiger partial charge in [-0.05, 0) is 58.0 Å². The van der Waals surface area contributed by atoms with Crippen LogP contribution in [0.4, 0.5) is 0 Å². The fourth-order valence-electron chi connectivity index (χ4n) is 3.21. The number of benzene rings is 3. The molecule has 0 saturated carbocycles. The lowest BCUT2D eigenvalue weighted by atomic mass is 9.85. The molecule has 0 aliphatic heterocycles. The van der Waals surface area contributed by atoms with Gasteiger partial charge < -0.3 is 9.52 Å². The van der Waals surface area contributed by atoms with Crippen molar-refractivity contribution in [3.8, 4) is 11.3 Å². The van der Waals surface area contributed by atoms with Gasteiger partial charge in [-0.3, -0.25) is 4.79 Å². The molecule has 1 heterocycles. The number of carbonyl (C=O) groups is 1. The Hall–Kier alpha value is -3.23. The number of amides is 1. The summed E-state index contributed by atoms with van der Waals surface area (Å²) in [6, 6.07) is 29.1. The fourth-order valence-corrected chi connectivity index (χ4v) is 3.57. The van der Waals surface area contributed by atoms with E-state index in [1.807, 2.05) is 42.5 Å². The minimum absolute atomic E-state index is 0.452. The molecule has 0 aliphatic rings. The SMILES string of the molecule is O=C(N/N=C/c1ccc(-c2ccc(I)cc2)o1)C(O)(c1ccccc1)c1ccccc1. The van der Waals surface area contributed by atoms with Gasteiger partial charge in [0.15, 0.2) is 5.60 Å². The lowest BCUT2D eigenvalue weighted by Gasteiger charge is -2.26. The van der Waals surface area contributed by atoms with Crippen LogP contribution in [0.2, 0.25) is 0 Å². The molecule has 0 saturated heterocycles. The summed E-state index contributed by atoms with van der Waals surface area (Å²) in [6.45, 7) is 0. The van der Waals surface area contributed by atoms with Crippen LogP contribution in [0.25, 0.3) is 11.3 Å². The zero-order valence-electron chi connectivity index (χ0n) is 16.4. The van der Waals surface area contributed by atoms with Gasteiger partial charge in [0.05, 0.1) is 6.21 Å². The van der Waals surface area contributed by atoms with E-state index in [4.69, 9.17) is 4.42 Å². The number of carbonyl (C=O) groups excluding carboxylic acids is 1. The number of hydrazone groups is 1. The van der Waals surface area contributed by atoms with Crippen molar-refractivity contribution in [2.24, 2.45) is 5.10 Å². The van der Waals surface area contributed by atoms with Gasteiger partial charge in [0.2, 0.25) is 0 Å². The molecule has 3 aromatic carbocycles. The molecule has 0 bridgehead atoms. The average Bonchev–Trinajstić information content (AvgIpc) is 3.29. The molecule has 0 atom stereocenters. The highest BCUT2D eigenvalue weighted by molar-refractivity contribution is 14.1. The summed E-state index contributed by atoms with van der Waals surface area (Å²) in [6.07, 6.45) is 1.41. The zero-order chi connectivity index (χ0) is 21.7. The van der Waals surface area contributed by atoms with E-state index in [9.17, 15) is 9.90 Å². The Balaban J connectivity index is 1.54. The predicted molar refractivity (Wildman–Crippen MR) is 128 cm³/mol. The minimum Gasteiger partial charge on any atom is -0.455 e. The Morgan fingerprint density at radius 3 is 2.03 bits per heavy atom. The van der Waals surface area contributed by atoms with Crippen molar-refractivity contribution in [1.29, 1.82) is 0 Å². The maximum atomic E-state index is 13.0. The molecule has 0 radical (unpaired) electrons. The zero-order valence-corrected chi connectivity index (χ0v) is 18.6. The smallest absolute Gasteiger partial charge is 0.281 e. The topological polar surface area (TPSA) is 74.8 Å². The Morgan fingerprint density at radius 1 is 0.871 bits per heavy atom. The van der Waals surface area contributed by atoms with Crippen LogP contribution in [0.15, 0.2) is 107 Å². The summed E-state index contributed by atoms with van der Waals surface area (Å²) in [5.41, 5.74) is 2.42. The van der Waals surface area contributed by atoms with Gasteiger partial charge in [-0.15, -0.1) is 0 Å². The van der Waals surface area contributed by atoms with E-state index >= 15 is 0 Å². The summed E-state index contributed by atoms with van der Waals surface area (Å²) in [7, 11) is 0. The van der Waals surface area contributed by atoms with Crippen molar-refractivity contribution in [2.45, 2.75) is 5.60 Å². The number of nitrogens with one attached hydrogen (secondary N) is 1. The van der Waals surface area contributed by atoms with Crippen LogP contribution in [0.1, 0.15) is 16.9 Å². The van der Waals surface area contributed by atoms with Crippen LogP contribution in [0.3, 0.4) is 0 Å². The monoisotopic (exact) mass is 522 g/mol. The van der Waals surface area contributed by atoms with Crippen LogP contribution in [-0.4, -0.2) is 17.2 Å². The van der Waals surface area contributed by atoms with E-state index in [2.05, 4.69) is 33.1 Å². The molecule has 5 nitrogen and oxygen atoms in total. The van der Waals surface area contributed by atoms with Crippen molar-refractivity contribution >= 4 is 34.7 Å². The lowest BCUT2D eigenvalue weighted by Crippen LogP contribution is -2.43. The summed E-state index contributed by atoms with van der Waals surface area (Å²) >= 11 is 2.25. The normalized spacial score (nSPS) is 11.5. The Labute approximate surface area is 193 Å². The Morgan fingerprint density at radius 2 is 1.45 bits per heavy atom.